The van der Waals surface area contributed by atoms with Gasteiger partial charge in [-0.15, -0.1) is 0 Å². The summed E-state index contributed by atoms with van der Waals surface area (Å²) in [6.07, 6.45) is 6.75. The molecule has 0 bridgehead atoms. The molecule has 0 radical (unpaired) electrons. The van der Waals surface area contributed by atoms with E-state index in [4.69, 9.17) is 11.6 Å². The molecule has 0 atom stereocenters. The first-order valence-corrected chi connectivity index (χ1v) is 8.20. The van der Waals surface area contributed by atoms with Gasteiger partial charge in [-0.3, -0.25) is 9.48 Å². The highest BCUT2D eigenvalue weighted by Gasteiger charge is 2.31. The van der Waals surface area contributed by atoms with Crippen LogP contribution in [0.2, 0.25) is 5.02 Å². The molecule has 0 saturated heterocycles. The first-order chi connectivity index (χ1) is 11.1. The molecular weight excluding hydrogens is 314 g/mol. The molecule has 122 valence electrons. The van der Waals surface area contributed by atoms with E-state index in [1.165, 1.54) is 6.20 Å². The molecule has 1 saturated carbocycles. The molecular formula is C17H20ClN3O2. The zero-order chi connectivity index (χ0) is 16.3. The van der Waals surface area contributed by atoms with Crippen LogP contribution >= 0.6 is 11.6 Å². The monoisotopic (exact) mass is 333 g/mol. The van der Waals surface area contributed by atoms with Crippen molar-refractivity contribution in [2.24, 2.45) is 0 Å². The average Bonchev–Trinajstić information content (AvgIpc) is 3.17. The fourth-order valence-electron chi connectivity index (χ4n) is 2.93. The van der Waals surface area contributed by atoms with E-state index < -0.39 is 5.60 Å². The summed E-state index contributed by atoms with van der Waals surface area (Å²) in [4.78, 5) is 12.2. The van der Waals surface area contributed by atoms with Crippen molar-refractivity contribution in [2.75, 3.05) is 6.54 Å². The van der Waals surface area contributed by atoms with Crippen molar-refractivity contribution in [3.63, 3.8) is 0 Å². The Morgan fingerprint density at radius 3 is 2.83 bits per heavy atom. The predicted octanol–water partition coefficient (Wildman–Crippen LogP) is 2.62. The third kappa shape index (κ3) is 3.92. The number of nitrogens with zero attached hydrogens (tertiary/aromatic N) is 2. The Kier molecular flexibility index (Phi) is 4.68. The van der Waals surface area contributed by atoms with Gasteiger partial charge in [0.2, 0.25) is 0 Å². The van der Waals surface area contributed by atoms with E-state index in [-0.39, 0.29) is 5.91 Å². The Hall–Kier alpha value is -1.85. The molecule has 3 rings (SSSR count). The Morgan fingerprint density at radius 2 is 2.09 bits per heavy atom. The fraction of sp³-hybridized carbons (Fsp3) is 0.412. The van der Waals surface area contributed by atoms with Gasteiger partial charge >= 0.3 is 0 Å². The van der Waals surface area contributed by atoms with Crippen LogP contribution in [0.4, 0.5) is 0 Å². The van der Waals surface area contributed by atoms with Crippen LogP contribution in [0.5, 0.6) is 0 Å². The Bertz CT molecular complexity index is 693. The molecule has 0 aliphatic heterocycles. The number of carbonyl (C=O) groups is 1. The molecule has 6 heteroatoms. The van der Waals surface area contributed by atoms with Crippen LogP contribution in [0.3, 0.4) is 0 Å². The number of aliphatic hydroxyl groups is 1. The number of halogens is 1. The number of amides is 1. The molecule has 1 aliphatic carbocycles. The standard InChI is InChI=1S/C17H20ClN3O2/c18-15-6-2-1-5-13(15)10-21-11-14(9-20-21)16(22)19-12-17(23)7-3-4-8-17/h1-2,5-6,9,11,23H,3-4,7-8,10,12H2,(H,19,22). The SMILES string of the molecule is O=C(NCC1(O)CCCC1)c1cnn(Cc2ccccc2Cl)c1. The van der Waals surface area contributed by atoms with E-state index >= 15 is 0 Å². The first-order valence-electron chi connectivity index (χ1n) is 7.82. The summed E-state index contributed by atoms with van der Waals surface area (Å²) in [6.45, 7) is 0.804. The molecule has 0 unspecified atom stereocenters. The van der Waals surface area contributed by atoms with E-state index in [0.717, 1.165) is 31.2 Å². The van der Waals surface area contributed by atoms with Crippen molar-refractivity contribution in [1.82, 2.24) is 15.1 Å². The lowest BCUT2D eigenvalue weighted by atomic mass is 10.0. The molecule has 2 N–H and O–H groups in total. The van der Waals surface area contributed by atoms with Gasteiger partial charge in [0, 0.05) is 17.8 Å². The molecule has 1 amide bonds. The minimum absolute atomic E-state index is 0.212. The van der Waals surface area contributed by atoms with E-state index in [1.54, 1.807) is 10.9 Å². The van der Waals surface area contributed by atoms with Crippen LogP contribution in [0.25, 0.3) is 0 Å². The summed E-state index contributed by atoms with van der Waals surface area (Å²) < 4.78 is 1.68. The number of nitrogens with one attached hydrogen (secondary N) is 1. The van der Waals surface area contributed by atoms with Crippen molar-refractivity contribution < 1.29 is 9.90 Å². The van der Waals surface area contributed by atoms with Crippen LogP contribution < -0.4 is 5.32 Å². The van der Waals surface area contributed by atoms with Gasteiger partial charge in [0.25, 0.3) is 5.91 Å². The summed E-state index contributed by atoms with van der Waals surface area (Å²) in [5, 5.41) is 18.0. The first kappa shape index (κ1) is 16.0. The minimum Gasteiger partial charge on any atom is -0.388 e. The number of aromatic nitrogens is 2. The van der Waals surface area contributed by atoms with Gasteiger partial charge in [-0.1, -0.05) is 42.6 Å². The maximum atomic E-state index is 12.2. The highest BCUT2D eigenvalue weighted by Crippen LogP contribution is 2.28. The summed E-state index contributed by atoms with van der Waals surface area (Å²) >= 11 is 6.13. The molecule has 5 nitrogen and oxygen atoms in total. The number of hydrogen-bond acceptors (Lipinski definition) is 3. The van der Waals surface area contributed by atoms with Crippen LogP contribution in [-0.2, 0) is 6.54 Å². The van der Waals surface area contributed by atoms with Gasteiger partial charge < -0.3 is 10.4 Å². The van der Waals surface area contributed by atoms with Gasteiger partial charge in [-0.2, -0.15) is 5.10 Å². The van der Waals surface area contributed by atoms with Crippen LogP contribution in [0.1, 0.15) is 41.6 Å². The van der Waals surface area contributed by atoms with E-state index in [1.807, 2.05) is 24.3 Å². The van der Waals surface area contributed by atoms with Crippen molar-refractivity contribution in [3.8, 4) is 0 Å². The van der Waals surface area contributed by atoms with E-state index in [9.17, 15) is 9.90 Å². The van der Waals surface area contributed by atoms with Crippen LogP contribution in [-0.4, -0.2) is 32.9 Å². The summed E-state index contributed by atoms with van der Waals surface area (Å²) in [6, 6.07) is 7.55. The summed E-state index contributed by atoms with van der Waals surface area (Å²) in [5.74, 6) is -0.212. The highest BCUT2D eigenvalue weighted by molar-refractivity contribution is 6.31. The van der Waals surface area contributed by atoms with Crippen LogP contribution in [0.15, 0.2) is 36.7 Å². The zero-order valence-corrected chi connectivity index (χ0v) is 13.6. The van der Waals surface area contributed by atoms with Crippen molar-refractivity contribution in [2.45, 2.75) is 37.8 Å². The van der Waals surface area contributed by atoms with Gasteiger partial charge in [-0.25, -0.2) is 0 Å². The number of rotatable bonds is 5. The number of benzene rings is 1. The predicted molar refractivity (Wildman–Crippen MR) is 88.5 cm³/mol. The van der Waals surface area contributed by atoms with Gasteiger partial charge in [0.15, 0.2) is 0 Å². The average molecular weight is 334 g/mol. The fourth-order valence-corrected chi connectivity index (χ4v) is 3.12. The van der Waals surface area contributed by atoms with Gasteiger partial charge in [0.1, 0.15) is 0 Å². The second-order valence-electron chi connectivity index (χ2n) is 6.13. The van der Waals surface area contributed by atoms with Gasteiger partial charge in [-0.05, 0) is 24.5 Å². The smallest absolute Gasteiger partial charge is 0.254 e. The topological polar surface area (TPSA) is 67.2 Å². The molecule has 1 aliphatic rings. The second-order valence-corrected chi connectivity index (χ2v) is 6.54. The maximum absolute atomic E-state index is 12.2. The molecule has 23 heavy (non-hydrogen) atoms. The van der Waals surface area contributed by atoms with Crippen molar-refractivity contribution in [1.29, 1.82) is 0 Å². The molecule has 1 aromatic carbocycles. The van der Waals surface area contributed by atoms with E-state index in [0.29, 0.717) is 23.7 Å². The normalized spacial score (nSPS) is 16.4. The molecule has 1 fully saturated rings. The number of carbonyl (C=O) groups excluding carboxylic acids is 1. The third-order valence-corrected chi connectivity index (χ3v) is 4.67. The Labute approximate surface area is 140 Å². The second kappa shape index (κ2) is 6.72. The highest BCUT2D eigenvalue weighted by atomic mass is 35.5. The zero-order valence-electron chi connectivity index (χ0n) is 12.8. The lowest BCUT2D eigenvalue weighted by Crippen LogP contribution is -2.40. The lowest BCUT2D eigenvalue weighted by Gasteiger charge is -2.22. The van der Waals surface area contributed by atoms with Gasteiger partial charge in [0.05, 0.1) is 23.9 Å². The van der Waals surface area contributed by atoms with Crippen molar-refractivity contribution in [3.05, 3.63) is 52.8 Å². The summed E-state index contributed by atoms with van der Waals surface area (Å²) in [7, 11) is 0. The van der Waals surface area contributed by atoms with Crippen LogP contribution in [0, 0.1) is 0 Å². The largest absolute Gasteiger partial charge is 0.388 e. The molecule has 1 aromatic heterocycles. The molecule has 1 heterocycles. The van der Waals surface area contributed by atoms with Crippen molar-refractivity contribution >= 4 is 17.5 Å². The van der Waals surface area contributed by atoms with E-state index in [2.05, 4.69) is 10.4 Å². The molecule has 0 spiro atoms. The lowest BCUT2D eigenvalue weighted by molar-refractivity contribution is 0.0449. The Balaban J connectivity index is 1.60. The Morgan fingerprint density at radius 1 is 1.35 bits per heavy atom. The summed E-state index contributed by atoms with van der Waals surface area (Å²) in [5.41, 5.74) is 0.687. The third-order valence-electron chi connectivity index (χ3n) is 4.30. The number of hydrogen-bond donors (Lipinski definition) is 2. The molecule has 2 aromatic rings. The minimum atomic E-state index is -0.747. The quantitative estimate of drug-likeness (QED) is 0.884. The maximum Gasteiger partial charge on any atom is 0.254 e.